The second-order valence-corrected chi connectivity index (χ2v) is 13.8. The summed E-state index contributed by atoms with van der Waals surface area (Å²) in [4.78, 5) is 67.0. The summed E-state index contributed by atoms with van der Waals surface area (Å²) in [5.74, 6) is -1.76. The zero-order valence-electron chi connectivity index (χ0n) is 32.7. The van der Waals surface area contributed by atoms with Crippen LogP contribution >= 0.6 is 0 Å². The molecule has 0 bridgehead atoms. The van der Waals surface area contributed by atoms with Gasteiger partial charge in [0.2, 0.25) is 5.91 Å². The number of amides is 1. The number of carbonyl (C=O) groups excluding carboxylic acids is 5. The number of carboxylic acid groups (broad SMARTS) is 1. The predicted molar refractivity (Wildman–Crippen MR) is 213 cm³/mol. The van der Waals surface area contributed by atoms with Gasteiger partial charge in [-0.1, -0.05) is 38.1 Å². The van der Waals surface area contributed by atoms with Crippen molar-refractivity contribution < 1.29 is 43.3 Å². The number of nitrogen functional groups attached to an aromatic ring is 1. The van der Waals surface area contributed by atoms with E-state index in [-0.39, 0.29) is 17.5 Å². The highest BCUT2D eigenvalue weighted by molar-refractivity contribution is 5.97. The van der Waals surface area contributed by atoms with Gasteiger partial charge < -0.3 is 25.6 Å². The zero-order chi connectivity index (χ0) is 40.8. The Morgan fingerprint density at radius 2 is 1.09 bits per heavy atom. The summed E-state index contributed by atoms with van der Waals surface area (Å²) in [6.45, 7) is 17.5. The molecule has 4 N–H and O–H groups in total. The maximum atomic E-state index is 11.9. The molecule has 11 heteroatoms. The normalized spacial score (nSPS) is 11.4. The third-order valence-electron chi connectivity index (χ3n) is 6.04. The molecule has 0 heterocycles. The number of nitrogens with two attached hydrogens (primary N) is 1. The molecule has 0 saturated carbocycles. The maximum absolute atomic E-state index is 11.9. The zero-order valence-corrected chi connectivity index (χ0v) is 32.7. The first-order chi connectivity index (χ1) is 24.5. The van der Waals surface area contributed by atoms with E-state index in [4.69, 9.17) is 20.3 Å². The lowest BCUT2D eigenvalue weighted by atomic mass is 10.1. The molecule has 11 nitrogen and oxygen atoms in total. The van der Waals surface area contributed by atoms with Crippen LogP contribution in [0.4, 0.5) is 11.4 Å². The molecule has 1 amide bonds. The maximum Gasteiger partial charge on any atom is 0.331 e. The fourth-order valence-electron chi connectivity index (χ4n) is 3.85. The number of rotatable bonds is 13. The number of aliphatic carboxylic acids is 1. The van der Waals surface area contributed by atoms with E-state index in [1.807, 2.05) is 40.7 Å². The van der Waals surface area contributed by atoms with E-state index in [1.54, 1.807) is 75.4 Å². The van der Waals surface area contributed by atoms with E-state index in [0.717, 1.165) is 35.1 Å². The molecule has 0 unspecified atom stereocenters. The lowest BCUT2D eigenvalue weighted by Crippen LogP contribution is -2.22. The number of esters is 2. The summed E-state index contributed by atoms with van der Waals surface area (Å²) in [7, 11) is 0. The molecule has 0 aliphatic rings. The molecule has 53 heavy (non-hydrogen) atoms. The Labute approximate surface area is 314 Å². The number of hydrogen-bond acceptors (Lipinski definition) is 9. The lowest BCUT2D eigenvalue weighted by Gasteiger charge is -2.17. The van der Waals surface area contributed by atoms with Crippen LogP contribution in [-0.4, -0.2) is 51.7 Å². The van der Waals surface area contributed by atoms with Gasteiger partial charge in [-0.15, -0.1) is 0 Å². The van der Waals surface area contributed by atoms with Gasteiger partial charge in [0.1, 0.15) is 11.2 Å². The van der Waals surface area contributed by atoms with Gasteiger partial charge in [0.15, 0.2) is 11.6 Å². The van der Waals surface area contributed by atoms with Crippen molar-refractivity contribution in [3.05, 3.63) is 83.0 Å². The Morgan fingerprint density at radius 3 is 1.47 bits per heavy atom. The molecule has 2 rings (SSSR count). The Kier molecular flexibility index (Phi) is 21.3. The van der Waals surface area contributed by atoms with Crippen LogP contribution in [0, 0.1) is 0 Å². The van der Waals surface area contributed by atoms with Crippen LogP contribution in [0.2, 0.25) is 0 Å². The van der Waals surface area contributed by atoms with Crippen molar-refractivity contribution in [2.45, 2.75) is 106 Å². The van der Waals surface area contributed by atoms with E-state index in [2.05, 4.69) is 5.32 Å². The van der Waals surface area contributed by atoms with Crippen molar-refractivity contribution >= 4 is 71.1 Å². The second-order valence-electron chi connectivity index (χ2n) is 13.8. The Bertz CT molecular complexity index is 1680. The molecule has 0 spiro atoms. The van der Waals surface area contributed by atoms with Crippen molar-refractivity contribution in [1.82, 2.24) is 0 Å². The van der Waals surface area contributed by atoms with Gasteiger partial charge >= 0.3 is 17.9 Å². The number of carboxylic acids is 1. The number of hydrogen-bond donors (Lipinski definition) is 3. The van der Waals surface area contributed by atoms with Crippen LogP contribution < -0.4 is 11.1 Å². The first kappa shape index (κ1) is 47.4. The summed E-state index contributed by atoms with van der Waals surface area (Å²) in [5, 5.41) is 10.8. The van der Waals surface area contributed by atoms with Gasteiger partial charge in [-0.25, -0.2) is 9.59 Å². The molecule has 0 aliphatic heterocycles. The molecular formula is C42H56N2O9. The van der Waals surface area contributed by atoms with E-state index < -0.39 is 29.1 Å². The minimum atomic E-state index is -0.711. The van der Waals surface area contributed by atoms with Crippen LogP contribution in [0.15, 0.2) is 60.7 Å². The standard InChI is InChI=1S/C21H27NO4.C17H21NO3.C4H8O2/c1-6-7-19(24)22-18-14-16(9-12-17(18)11-8-15(2)23)10-13-20(25)26-21(3,4)5;1-12(19)5-8-14-9-6-13(11-15(14)18)7-10-16(20)21-17(2,3)4;1-2-3-4(5)6/h8-14H,6-7H2,1-5H3,(H,22,24);5-11H,18H2,1-4H3;2-3H2,1H3,(H,5,6)/b11-8+,13-10+;8-5+,10-7+;. The number of carbonyl (C=O) groups is 6. The number of ether oxygens (including phenoxy) is 2. The third kappa shape index (κ3) is 25.1. The molecule has 0 atom stereocenters. The van der Waals surface area contributed by atoms with E-state index in [9.17, 15) is 28.8 Å². The van der Waals surface area contributed by atoms with Gasteiger partial charge in [0.25, 0.3) is 0 Å². The summed E-state index contributed by atoms with van der Waals surface area (Å²) >= 11 is 0. The number of ketones is 2. The Morgan fingerprint density at radius 1 is 0.660 bits per heavy atom. The minimum absolute atomic E-state index is 0.0386. The highest BCUT2D eigenvalue weighted by Crippen LogP contribution is 2.22. The van der Waals surface area contributed by atoms with Crippen molar-refractivity contribution in [2.75, 3.05) is 11.1 Å². The quantitative estimate of drug-likeness (QED) is 0.103. The summed E-state index contributed by atoms with van der Waals surface area (Å²) < 4.78 is 10.4. The minimum Gasteiger partial charge on any atom is -0.481 e. The number of allylic oxidation sites excluding steroid dienone is 2. The van der Waals surface area contributed by atoms with E-state index in [0.29, 0.717) is 24.2 Å². The average molecular weight is 733 g/mol. The van der Waals surface area contributed by atoms with Crippen molar-refractivity contribution in [2.24, 2.45) is 0 Å². The topological polar surface area (TPSA) is 179 Å². The van der Waals surface area contributed by atoms with Crippen molar-refractivity contribution in [3.63, 3.8) is 0 Å². The highest BCUT2D eigenvalue weighted by atomic mass is 16.6. The predicted octanol–water partition coefficient (Wildman–Crippen LogP) is 8.48. The van der Waals surface area contributed by atoms with Gasteiger partial charge in [0, 0.05) is 36.4 Å². The SMILES string of the molecule is CC(=O)/C=C/c1ccc(/C=C/C(=O)OC(C)(C)C)cc1N.CCCC(=O)Nc1cc(/C=C/C(=O)OC(C)(C)C)ccc1/C=C/C(C)=O.CCCC(=O)O. The highest BCUT2D eigenvalue weighted by Gasteiger charge is 2.15. The molecule has 0 aromatic heterocycles. The van der Waals surface area contributed by atoms with E-state index in [1.165, 1.54) is 38.2 Å². The molecular weight excluding hydrogens is 676 g/mol. The molecule has 0 aliphatic carbocycles. The molecule has 2 aromatic carbocycles. The number of anilines is 2. The molecule has 288 valence electrons. The second kappa shape index (κ2) is 23.8. The summed E-state index contributed by atoms with van der Waals surface area (Å²) in [5.41, 5.74) is 8.98. The monoisotopic (exact) mass is 732 g/mol. The molecule has 0 saturated heterocycles. The first-order valence-electron chi connectivity index (χ1n) is 17.3. The van der Waals surface area contributed by atoms with E-state index >= 15 is 0 Å². The van der Waals surface area contributed by atoms with Gasteiger partial charge in [-0.05, 0) is 139 Å². The van der Waals surface area contributed by atoms with Gasteiger partial charge in [-0.2, -0.15) is 0 Å². The fourth-order valence-corrected chi connectivity index (χ4v) is 3.85. The largest absolute Gasteiger partial charge is 0.481 e. The van der Waals surface area contributed by atoms with Crippen LogP contribution in [0.1, 0.15) is 117 Å². The number of benzene rings is 2. The average Bonchev–Trinajstić information content (AvgIpc) is 3.01. The van der Waals surface area contributed by atoms with Crippen LogP contribution in [-0.2, 0) is 38.2 Å². The smallest absolute Gasteiger partial charge is 0.331 e. The summed E-state index contributed by atoms with van der Waals surface area (Å²) in [6.07, 6.45) is 14.4. The van der Waals surface area contributed by atoms with Gasteiger partial charge in [0.05, 0.1) is 0 Å². The Balaban J connectivity index is 0.000000897. The third-order valence-corrected chi connectivity index (χ3v) is 6.04. The Hall–Kier alpha value is -5.58. The van der Waals surface area contributed by atoms with Gasteiger partial charge in [-0.3, -0.25) is 19.2 Å². The van der Waals surface area contributed by atoms with Crippen LogP contribution in [0.5, 0.6) is 0 Å². The first-order valence-corrected chi connectivity index (χ1v) is 17.3. The molecule has 2 aromatic rings. The van der Waals surface area contributed by atoms with Crippen LogP contribution in [0.25, 0.3) is 24.3 Å². The lowest BCUT2D eigenvalue weighted by molar-refractivity contribution is -0.149. The summed E-state index contributed by atoms with van der Waals surface area (Å²) in [6, 6.07) is 10.7. The molecule has 0 fully saturated rings. The number of nitrogens with one attached hydrogen (secondary N) is 1. The van der Waals surface area contributed by atoms with Crippen molar-refractivity contribution in [1.29, 1.82) is 0 Å². The van der Waals surface area contributed by atoms with Crippen molar-refractivity contribution in [3.8, 4) is 0 Å². The van der Waals surface area contributed by atoms with Crippen LogP contribution in [0.3, 0.4) is 0 Å². The molecule has 0 radical (unpaired) electrons. The fraction of sp³-hybridized carbons (Fsp3) is 0.381.